The van der Waals surface area contributed by atoms with Gasteiger partial charge in [-0.1, -0.05) is 67.4 Å². The number of imidazole rings is 1. The van der Waals surface area contributed by atoms with Crippen LogP contribution in [0.15, 0.2) is 108 Å². The van der Waals surface area contributed by atoms with Crippen LogP contribution in [-0.4, -0.2) is 40.1 Å². The number of aromatic nitrogens is 3. The summed E-state index contributed by atoms with van der Waals surface area (Å²) < 4.78 is 9.37. The van der Waals surface area contributed by atoms with Gasteiger partial charge in [-0.2, -0.15) is 0 Å². The molecule has 0 aliphatic heterocycles. The van der Waals surface area contributed by atoms with Crippen LogP contribution in [0.2, 0.25) is 5.02 Å². The standard InChI is InChI=1S/C44H40ClN5O3/c1-27(29-15-17-30(45)18-16-29)49-28(2)35(36-25-31(53-3)19-22-39(36)49)26-41(51)47-24-9-5-4-8-23-46-37-21-20-33-42-32(37)11-10-12-34(42)44(52)50-40-14-7-6-13-38(40)48-43(33)50/h6-7,10-22,25,46H,1,4-5,8-9,23-24,26H2,2-3H3,(H,47,51). The van der Waals surface area contributed by atoms with Crippen molar-refractivity contribution in [1.29, 1.82) is 0 Å². The van der Waals surface area contributed by atoms with Gasteiger partial charge in [0.05, 0.1) is 30.1 Å². The molecular weight excluding hydrogens is 682 g/mol. The largest absolute Gasteiger partial charge is 0.497 e. The third-order valence-corrected chi connectivity index (χ3v) is 10.6. The maximum atomic E-state index is 13.6. The van der Waals surface area contributed by atoms with Gasteiger partial charge in [-0.05, 0) is 91.6 Å². The Labute approximate surface area is 312 Å². The van der Waals surface area contributed by atoms with Crippen LogP contribution >= 0.6 is 11.6 Å². The van der Waals surface area contributed by atoms with Gasteiger partial charge in [-0.25, -0.2) is 4.98 Å². The Balaban J connectivity index is 0.869. The predicted molar refractivity (Wildman–Crippen MR) is 218 cm³/mol. The summed E-state index contributed by atoms with van der Waals surface area (Å²) in [6.07, 6.45) is 4.19. The molecular formula is C44H40ClN5O3. The molecule has 266 valence electrons. The number of pyridine rings is 1. The van der Waals surface area contributed by atoms with E-state index in [-0.39, 0.29) is 17.9 Å². The molecule has 53 heavy (non-hydrogen) atoms. The van der Waals surface area contributed by atoms with E-state index in [1.54, 1.807) is 11.5 Å². The van der Waals surface area contributed by atoms with Crippen LogP contribution in [0.4, 0.5) is 5.69 Å². The molecule has 1 amide bonds. The smallest absolute Gasteiger partial charge is 0.264 e. The maximum absolute atomic E-state index is 13.6. The molecule has 0 spiro atoms. The van der Waals surface area contributed by atoms with Gasteiger partial charge < -0.3 is 19.9 Å². The number of carbonyl (C=O) groups excluding carboxylic acids is 1. The zero-order valence-corrected chi connectivity index (χ0v) is 30.6. The van der Waals surface area contributed by atoms with Crippen molar-refractivity contribution >= 4 is 78.0 Å². The summed E-state index contributed by atoms with van der Waals surface area (Å²) in [7, 11) is 1.65. The number of anilines is 1. The predicted octanol–water partition coefficient (Wildman–Crippen LogP) is 9.37. The lowest BCUT2D eigenvalue weighted by atomic mass is 10.0. The van der Waals surface area contributed by atoms with Crippen LogP contribution in [0.25, 0.3) is 54.8 Å². The molecule has 0 bridgehead atoms. The van der Waals surface area contributed by atoms with Gasteiger partial charge in [0.15, 0.2) is 0 Å². The Morgan fingerprint density at radius 3 is 2.42 bits per heavy atom. The van der Waals surface area contributed by atoms with E-state index in [1.807, 2.05) is 85.8 Å². The van der Waals surface area contributed by atoms with Crippen molar-refractivity contribution in [3.8, 4) is 5.75 Å². The number of fused-ring (bicyclic) bond motifs is 5. The van der Waals surface area contributed by atoms with Crippen molar-refractivity contribution < 1.29 is 9.53 Å². The highest BCUT2D eigenvalue weighted by atomic mass is 35.5. The molecule has 8 aromatic rings. The molecule has 0 aliphatic carbocycles. The van der Waals surface area contributed by atoms with E-state index in [9.17, 15) is 9.59 Å². The van der Waals surface area contributed by atoms with Gasteiger partial charge in [-0.3, -0.25) is 14.0 Å². The van der Waals surface area contributed by atoms with Crippen LogP contribution < -0.4 is 20.9 Å². The average Bonchev–Trinajstić information content (AvgIpc) is 3.70. The van der Waals surface area contributed by atoms with Crippen molar-refractivity contribution in [2.75, 3.05) is 25.5 Å². The molecule has 9 heteroatoms. The molecule has 0 aliphatic rings. The van der Waals surface area contributed by atoms with E-state index in [0.717, 1.165) is 104 Å². The second-order valence-corrected chi connectivity index (χ2v) is 14.0. The molecule has 0 saturated carbocycles. The minimum Gasteiger partial charge on any atom is -0.497 e. The number of hydrogen-bond donors (Lipinski definition) is 2. The molecule has 5 aromatic carbocycles. The number of halogens is 1. The molecule has 0 fully saturated rings. The van der Waals surface area contributed by atoms with Crippen LogP contribution in [0.3, 0.4) is 0 Å². The lowest BCUT2D eigenvalue weighted by Crippen LogP contribution is -2.26. The van der Waals surface area contributed by atoms with Gasteiger partial charge >= 0.3 is 0 Å². The highest BCUT2D eigenvalue weighted by molar-refractivity contribution is 6.30. The minimum atomic E-state index is -0.0433. The maximum Gasteiger partial charge on any atom is 0.264 e. The molecule has 0 saturated heterocycles. The summed E-state index contributed by atoms with van der Waals surface area (Å²) in [6, 6.07) is 31.4. The second-order valence-electron chi connectivity index (χ2n) is 13.6. The van der Waals surface area contributed by atoms with Crippen LogP contribution in [-0.2, 0) is 11.2 Å². The second kappa shape index (κ2) is 14.3. The van der Waals surface area contributed by atoms with Crippen molar-refractivity contribution in [3.05, 3.63) is 136 Å². The first kappa shape index (κ1) is 34.2. The number of unbranched alkanes of at least 4 members (excludes halogenated alkanes) is 3. The zero-order valence-electron chi connectivity index (χ0n) is 29.8. The highest BCUT2D eigenvalue weighted by Crippen LogP contribution is 2.35. The number of amides is 1. The third kappa shape index (κ3) is 6.23. The number of methoxy groups -OCH3 is 1. The molecule has 2 N–H and O–H groups in total. The summed E-state index contributed by atoms with van der Waals surface area (Å²) in [6.45, 7) is 7.86. The van der Waals surface area contributed by atoms with Gasteiger partial charge in [0.2, 0.25) is 5.91 Å². The van der Waals surface area contributed by atoms with E-state index in [4.69, 9.17) is 21.3 Å². The Hall–Kier alpha value is -5.86. The topological polar surface area (TPSA) is 89.7 Å². The van der Waals surface area contributed by atoms with Gasteiger partial charge in [0.1, 0.15) is 11.4 Å². The summed E-state index contributed by atoms with van der Waals surface area (Å²) in [5.41, 5.74) is 7.98. The first-order chi connectivity index (χ1) is 25.8. The molecule has 0 atom stereocenters. The lowest BCUT2D eigenvalue weighted by molar-refractivity contribution is -0.120. The molecule has 8 nitrogen and oxygen atoms in total. The van der Waals surface area contributed by atoms with Gasteiger partial charge in [0.25, 0.3) is 5.56 Å². The lowest BCUT2D eigenvalue weighted by Gasteiger charge is -2.13. The number of rotatable bonds is 13. The summed E-state index contributed by atoms with van der Waals surface area (Å²) >= 11 is 6.14. The summed E-state index contributed by atoms with van der Waals surface area (Å²) in [5.74, 6) is 0.731. The van der Waals surface area contributed by atoms with Crippen molar-refractivity contribution in [2.45, 2.75) is 39.0 Å². The van der Waals surface area contributed by atoms with Crippen molar-refractivity contribution in [3.63, 3.8) is 0 Å². The normalized spacial score (nSPS) is 11.7. The number of nitrogens with one attached hydrogen (secondary N) is 2. The quantitative estimate of drug-likeness (QED) is 0.116. The van der Waals surface area contributed by atoms with Crippen LogP contribution in [0.5, 0.6) is 5.75 Å². The molecule has 3 aromatic heterocycles. The fraction of sp³-hybridized carbons (Fsp3) is 0.205. The highest BCUT2D eigenvalue weighted by Gasteiger charge is 2.20. The number of hydrogen-bond acceptors (Lipinski definition) is 5. The minimum absolute atomic E-state index is 0.00866. The Bertz CT molecular complexity index is 2730. The first-order valence-corrected chi connectivity index (χ1v) is 18.4. The molecule has 8 rings (SSSR count). The third-order valence-electron chi connectivity index (χ3n) is 10.3. The van der Waals surface area contributed by atoms with Crippen molar-refractivity contribution in [1.82, 2.24) is 19.3 Å². The van der Waals surface area contributed by atoms with Crippen LogP contribution in [0.1, 0.15) is 42.5 Å². The van der Waals surface area contributed by atoms with Gasteiger partial charge in [0, 0.05) is 62.1 Å². The molecule has 0 unspecified atom stereocenters. The van der Waals surface area contributed by atoms with Crippen molar-refractivity contribution in [2.24, 2.45) is 0 Å². The first-order valence-electron chi connectivity index (χ1n) is 18.1. The number of para-hydroxylation sites is 2. The molecule has 3 heterocycles. The SMILES string of the molecule is C=C(c1ccc(Cl)cc1)n1c(C)c(CC(=O)NCCCCCCNc2ccc3c4c2cccc4c(=O)n2c4ccccc4nc32)c2cc(OC)ccc21. The average molecular weight is 722 g/mol. The summed E-state index contributed by atoms with van der Waals surface area (Å²) in [5, 5.41) is 12.0. The monoisotopic (exact) mass is 721 g/mol. The fourth-order valence-electron chi connectivity index (χ4n) is 7.67. The Morgan fingerprint density at radius 1 is 0.830 bits per heavy atom. The van der Waals surface area contributed by atoms with E-state index in [1.165, 1.54) is 0 Å². The van der Waals surface area contributed by atoms with E-state index < -0.39 is 0 Å². The number of ether oxygens (including phenoxy) is 1. The number of nitrogens with zero attached hydrogens (tertiary/aromatic N) is 3. The summed E-state index contributed by atoms with van der Waals surface area (Å²) in [4.78, 5) is 31.7. The number of carbonyl (C=O) groups is 1. The van der Waals surface area contributed by atoms with E-state index >= 15 is 0 Å². The Kier molecular flexibility index (Phi) is 9.22. The van der Waals surface area contributed by atoms with E-state index in [0.29, 0.717) is 22.6 Å². The Morgan fingerprint density at radius 2 is 1.60 bits per heavy atom. The zero-order chi connectivity index (χ0) is 36.6. The number of benzene rings is 5. The van der Waals surface area contributed by atoms with Crippen LogP contribution in [0, 0.1) is 6.92 Å². The molecule has 0 radical (unpaired) electrons. The van der Waals surface area contributed by atoms with Gasteiger partial charge in [-0.15, -0.1) is 0 Å². The van der Waals surface area contributed by atoms with E-state index in [2.05, 4.69) is 40.0 Å². The fourth-order valence-corrected chi connectivity index (χ4v) is 7.79.